The molecule has 0 radical (unpaired) electrons. The second-order valence-corrected chi connectivity index (χ2v) is 8.46. The van der Waals surface area contributed by atoms with Crippen LogP contribution >= 0.6 is 0 Å². The van der Waals surface area contributed by atoms with E-state index in [1.54, 1.807) is 0 Å². The minimum atomic E-state index is -0.776. The van der Waals surface area contributed by atoms with Crippen LogP contribution in [0.4, 0.5) is 4.79 Å². The summed E-state index contributed by atoms with van der Waals surface area (Å²) in [5.41, 5.74) is 8.34. The molecule has 0 unspecified atom stereocenters. The van der Waals surface area contributed by atoms with Gasteiger partial charge in [-0.2, -0.15) is 0 Å². The average molecular weight is 379 g/mol. The maximum Gasteiger partial charge on any atom is 0.319 e. The van der Waals surface area contributed by atoms with E-state index in [4.69, 9.17) is 5.73 Å². The highest BCUT2D eigenvalue weighted by Crippen LogP contribution is 2.43. The quantitative estimate of drug-likeness (QED) is 0.714. The van der Waals surface area contributed by atoms with E-state index in [1.165, 1.54) is 43.9 Å². The monoisotopic (exact) mass is 378 g/mol. The minimum absolute atomic E-state index is 0.320. The van der Waals surface area contributed by atoms with Crippen LogP contribution < -0.4 is 11.1 Å². The van der Waals surface area contributed by atoms with Crippen LogP contribution in [0.1, 0.15) is 97.5 Å². The van der Waals surface area contributed by atoms with Crippen LogP contribution in [0.2, 0.25) is 0 Å². The lowest BCUT2D eigenvalue weighted by Gasteiger charge is -2.30. The molecule has 4 heteroatoms. The normalized spacial score (nSPS) is 18.9. The molecular formula is C24H30N2O2. The van der Waals surface area contributed by atoms with Crippen molar-refractivity contribution in [1.29, 1.82) is 0 Å². The van der Waals surface area contributed by atoms with E-state index < -0.39 is 6.03 Å². The number of hydrogen-bond acceptors (Lipinski definition) is 2. The van der Waals surface area contributed by atoms with Gasteiger partial charge in [-0.1, -0.05) is 68.9 Å². The summed E-state index contributed by atoms with van der Waals surface area (Å²) >= 11 is 0. The third kappa shape index (κ3) is 3.78. The number of nitrogens with one attached hydrogen (secondary N) is 1. The summed E-state index contributed by atoms with van der Waals surface area (Å²) in [7, 11) is 0. The van der Waals surface area contributed by atoms with Crippen molar-refractivity contribution in [3.63, 3.8) is 0 Å². The molecule has 0 bridgehead atoms. The summed E-state index contributed by atoms with van der Waals surface area (Å²) < 4.78 is 0. The molecule has 2 aromatic rings. The van der Waals surface area contributed by atoms with E-state index in [-0.39, 0.29) is 5.91 Å². The Hall–Kier alpha value is -2.36. The van der Waals surface area contributed by atoms with Crippen molar-refractivity contribution in [1.82, 2.24) is 5.32 Å². The Morgan fingerprint density at radius 3 is 2.11 bits per heavy atom. The zero-order valence-electron chi connectivity index (χ0n) is 16.5. The fraction of sp³-hybridized carbons (Fsp3) is 0.500. The van der Waals surface area contributed by atoms with Crippen molar-refractivity contribution < 1.29 is 9.59 Å². The summed E-state index contributed by atoms with van der Waals surface area (Å²) in [5, 5.41) is 4.75. The largest absolute Gasteiger partial charge is 0.351 e. The van der Waals surface area contributed by atoms with Gasteiger partial charge in [0.1, 0.15) is 0 Å². The smallest absolute Gasteiger partial charge is 0.319 e. The Morgan fingerprint density at radius 2 is 1.46 bits per heavy atom. The molecule has 0 atom stereocenters. The van der Waals surface area contributed by atoms with Gasteiger partial charge in [0.05, 0.1) is 0 Å². The molecule has 0 spiro atoms. The molecule has 2 fully saturated rings. The molecular weight excluding hydrogens is 348 g/mol. The molecule has 0 aromatic heterocycles. The van der Waals surface area contributed by atoms with Gasteiger partial charge in [-0.05, 0) is 59.4 Å². The Kier molecular flexibility index (Phi) is 5.65. The predicted octanol–water partition coefficient (Wildman–Crippen LogP) is 5.74. The van der Waals surface area contributed by atoms with E-state index in [9.17, 15) is 9.59 Å². The second kappa shape index (κ2) is 8.34. The SMILES string of the molecule is NC(=O)NC(=O)c1c(C2CCCCC2)cc2ccccc2c1C1CCCCC1. The van der Waals surface area contributed by atoms with E-state index in [1.807, 2.05) is 6.07 Å². The highest BCUT2D eigenvalue weighted by Gasteiger charge is 2.30. The number of carbonyl (C=O) groups is 2. The van der Waals surface area contributed by atoms with Crippen molar-refractivity contribution in [2.45, 2.75) is 76.0 Å². The molecule has 2 saturated carbocycles. The number of urea groups is 1. The molecule has 2 aliphatic carbocycles. The molecule has 0 saturated heterocycles. The van der Waals surface area contributed by atoms with Crippen molar-refractivity contribution >= 4 is 22.7 Å². The molecule has 2 aromatic carbocycles. The first-order valence-electron chi connectivity index (χ1n) is 10.8. The van der Waals surface area contributed by atoms with Crippen molar-refractivity contribution in [3.8, 4) is 0 Å². The van der Waals surface area contributed by atoms with Crippen LogP contribution in [-0.2, 0) is 0 Å². The van der Waals surface area contributed by atoms with Gasteiger partial charge >= 0.3 is 6.03 Å². The zero-order chi connectivity index (χ0) is 19.5. The van der Waals surface area contributed by atoms with Gasteiger partial charge in [0.25, 0.3) is 5.91 Å². The molecule has 2 aliphatic rings. The van der Waals surface area contributed by atoms with Gasteiger partial charge in [0.15, 0.2) is 0 Å². The number of fused-ring (bicyclic) bond motifs is 1. The van der Waals surface area contributed by atoms with Crippen LogP contribution in [0, 0.1) is 0 Å². The molecule has 4 nitrogen and oxygen atoms in total. The lowest BCUT2D eigenvalue weighted by atomic mass is 9.74. The summed E-state index contributed by atoms with van der Waals surface area (Å²) in [5.74, 6) is 0.435. The standard InChI is InChI=1S/C24H30N2O2/c25-24(28)26-23(27)22-20(16-9-3-1-4-10-16)15-18-13-7-8-14-19(18)21(22)17-11-5-2-6-12-17/h7-8,13-17H,1-6,9-12H2,(H3,25,26,27,28). The van der Waals surface area contributed by atoms with Gasteiger partial charge in [0, 0.05) is 5.56 Å². The number of amides is 3. The molecule has 0 aliphatic heterocycles. The number of nitrogens with two attached hydrogens (primary N) is 1. The van der Waals surface area contributed by atoms with Crippen LogP contribution in [0.15, 0.2) is 30.3 Å². The van der Waals surface area contributed by atoms with Gasteiger partial charge < -0.3 is 5.73 Å². The van der Waals surface area contributed by atoms with E-state index in [0.29, 0.717) is 11.8 Å². The third-order valence-electron chi connectivity index (χ3n) is 6.64. The number of carbonyl (C=O) groups excluding carboxylic acids is 2. The summed E-state index contributed by atoms with van der Waals surface area (Å²) in [6, 6.07) is 9.83. The highest BCUT2D eigenvalue weighted by atomic mass is 16.2. The Balaban J connectivity index is 1.94. The van der Waals surface area contributed by atoms with Crippen LogP contribution in [-0.4, -0.2) is 11.9 Å². The lowest BCUT2D eigenvalue weighted by Crippen LogP contribution is -2.36. The lowest BCUT2D eigenvalue weighted by molar-refractivity contribution is 0.0963. The van der Waals surface area contributed by atoms with E-state index >= 15 is 0 Å². The van der Waals surface area contributed by atoms with Crippen LogP contribution in [0.25, 0.3) is 10.8 Å². The number of imide groups is 1. The topological polar surface area (TPSA) is 72.2 Å². The Labute approximate surface area is 166 Å². The van der Waals surface area contributed by atoms with Gasteiger partial charge in [-0.25, -0.2) is 4.79 Å². The maximum atomic E-state index is 13.2. The first-order chi connectivity index (χ1) is 13.6. The number of hydrogen-bond donors (Lipinski definition) is 2. The van der Waals surface area contributed by atoms with Crippen molar-refractivity contribution in [2.75, 3.05) is 0 Å². The van der Waals surface area contributed by atoms with Crippen LogP contribution in [0.3, 0.4) is 0 Å². The zero-order valence-corrected chi connectivity index (χ0v) is 16.5. The van der Waals surface area contributed by atoms with Gasteiger partial charge in [-0.3, -0.25) is 10.1 Å². The van der Waals surface area contributed by atoms with Crippen LogP contribution in [0.5, 0.6) is 0 Å². The van der Waals surface area contributed by atoms with Crippen molar-refractivity contribution in [3.05, 3.63) is 47.0 Å². The maximum absolute atomic E-state index is 13.2. The average Bonchev–Trinajstić information content (AvgIpc) is 2.73. The predicted molar refractivity (Wildman–Crippen MR) is 113 cm³/mol. The van der Waals surface area contributed by atoms with Crippen molar-refractivity contribution in [2.24, 2.45) is 5.73 Å². The second-order valence-electron chi connectivity index (χ2n) is 8.46. The Morgan fingerprint density at radius 1 is 0.857 bits per heavy atom. The molecule has 3 amide bonds. The minimum Gasteiger partial charge on any atom is -0.351 e. The molecule has 28 heavy (non-hydrogen) atoms. The van der Waals surface area contributed by atoms with E-state index in [2.05, 4.69) is 29.6 Å². The third-order valence-corrected chi connectivity index (χ3v) is 6.64. The molecule has 4 rings (SSSR count). The first-order valence-corrected chi connectivity index (χ1v) is 10.8. The summed E-state index contributed by atoms with van der Waals surface area (Å²) in [4.78, 5) is 24.7. The van der Waals surface area contributed by atoms with Gasteiger partial charge in [0.2, 0.25) is 0 Å². The van der Waals surface area contributed by atoms with E-state index in [0.717, 1.165) is 47.8 Å². The fourth-order valence-corrected chi connectivity index (χ4v) is 5.38. The molecule has 0 heterocycles. The number of benzene rings is 2. The molecule has 148 valence electrons. The Bertz CT molecular complexity index is 878. The fourth-order valence-electron chi connectivity index (χ4n) is 5.38. The summed E-state index contributed by atoms with van der Waals surface area (Å²) in [6.07, 6.45) is 11.8. The molecule has 3 N–H and O–H groups in total. The highest BCUT2D eigenvalue weighted by molar-refractivity contribution is 6.09. The number of primary amides is 1. The summed E-state index contributed by atoms with van der Waals surface area (Å²) in [6.45, 7) is 0. The number of rotatable bonds is 3. The van der Waals surface area contributed by atoms with Gasteiger partial charge in [-0.15, -0.1) is 0 Å². The first kappa shape index (κ1) is 19.0.